The number of aromatic nitrogens is 2. The van der Waals surface area contributed by atoms with E-state index in [1.165, 1.54) is 25.3 Å². The molecule has 7 nitrogen and oxygen atoms in total. The summed E-state index contributed by atoms with van der Waals surface area (Å²) in [6, 6.07) is 5.88. The topological polar surface area (TPSA) is 55.8 Å². The highest BCUT2D eigenvalue weighted by Gasteiger charge is 2.29. The fourth-order valence-electron chi connectivity index (χ4n) is 4.68. The van der Waals surface area contributed by atoms with Crippen molar-refractivity contribution in [3.8, 4) is 11.3 Å². The Morgan fingerprint density at radius 3 is 2.47 bits per heavy atom. The van der Waals surface area contributed by atoms with Gasteiger partial charge in [0, 0.05) is 57.4 Å². The van der Waals surface area contributed by atoms with Gasteiger partial charge in [0.2, 0.25) is 5.91 Å². The van der Waals surface area contributed by atoms with E-state index in [-0.39, 0.29) is 11.7 Å². The number of hydrogen-bond donors (Lipinski definition) is 0. The second-order valence-corrected chi connectivity index (χ2v) is 9.56. The molecule has 0 spiro atoms. The number of benzene rings is 1. The number of piperazine rings is 1. The molecule has 8 heteroatoms. The average Bonchev–Trinajstić information content (AvgIpc) is 2.79. The van der Waals surface area contributed by atoms with Crippen LogP contribution in [0.25, 0.3) is 11.3 Å². The summed E-state index contributed by atoms with van der Waals surface area (Å²) in [5.74, 6) is 0.679. The summed E-state index contributed by atoms with van der Waals surface area (Å²) in [6.45, 7) is 10.3. The van der Waals surface area contributed by atoms with Crippen molar-refractivity contribution in [2.24, 2.45) is 0 Å². The van der Waals surface area contributed by atoms with Gasteiger partial charge >= 0.3 is 0 Å². The molecule has 1 aliphatic carbocycles. The molecule has 0 N–H and O–H groups in total. The first kappa shape index (κ1) is 24.5. The van der Waals surface area contributed by atoms with E-state index in [0.29, 0.717) is 17.8 Å². The van der Waals surface area contributed by atoms with E-state index in [1.807, 2.05) is 24.9 Å². The Bertz CT molecular complexity index is 956. The van der Waals surface area contributed by atoms with E-state index in [2.05, 4.69) is 31.6 Å². The molecular weight excluding hydrogens is 431 g/mol. The number of rotatable bonds is 9. The molecule has 1 aliphatic heterocycles. The van der Waals surface area contributed by atoms with Crippen LogP contribution in [-0.4, -0.2) is 96.0 Å². The highest BCUT2D eigenvalue weighted by atomic mass is 19.1. The molecule has 1 aromatic carbocycles. The number of hydrogen-bond acceptors (Lipinski definition) is 6. The van der Waals surface area contributed by atoms with Crippen LogP contribution in [0.15, 0.2) is 30.6 Å². The highest BCUT2D eigenvalue weighted by Crippen LogP contribution is 2.25. The minimum Gasteiger partial charge on any atom is -0.354 e. The van der Waals surface area contributed by atoms with Crippen molar-refractivity contribution < 1.29 is 9.18 Å². The largest absolute Gasteiger partial charge is 0.354 e. The number of aryl methyl sites for hydroxylation is 1. The first-order valence-electron chi connectivity index (χ1n) is 12.5. The lowest BCUT2D eigenvalue weighted by molar-refractivity contribution is -0.134. The number of carbonyl (C=O) groups excluding carboxylic acids is 1. The molecule has 0 unspecified atom stereocenters. The minimum atomic E-state index is -0.287. The number of halogens is 1. The molecule has 1 saturated carbocycles. The highest BCUT2D eigenvalue weighted by molar-refractivity contribution is 5.78. The van der Waals surface area contributed by atoms with Gasteiger partial charge in [-0.1, -0.05) is 12.5 Å². The van der Waals surface area contributed by atoms with Gasteiger partial charge in [-0.05, 0) is 51.4 Å². The van der Waals surface area contributed by atoms with Crippen LogP contribution >= 0.6 is 0 Å². The second kappa shape index (κ2) is 11.2. The Morgan fingerprint density at radius 1 is 1.12 bits per heavy atom. The lowest BCUT2D eigenvalue weighted by atomic mass is 9.91. The van der Waals surface area contributed by atoms with Crippen molar-refractivity contribution in [3.05, 3.63) is 42.0 Å². The smallest absolute Gasteiger partial charge is 0.236 e. The van der Waals surface area contributed by atoms with Gasteiger partial charge in [0.1, 0.15) is 11.6 Å². The Balaban J connectivity index is 1.25. The molecule has 34 heavy (non-hydrogen) atoms. The summed E-state index contributed by atoms with van der Waals surface area (Å²) >= 11 is 0. The number of nitrogens with zero attached hydrogens (tertiary/aromatic N) is 6. The maximum Gasteiger partial charge on any atom is 0.236 e. The van der Waals surface area contributed by atoms with Gasteiger partial charge in [0.05, 0.1) is 24.6 Å². The van der Waals surface area contributed by atoms with E-state index in [1.54, 1.807) is 18.5 Å². The number of likely N-dealkylation sites (N-methyl/N-ethyl adjacent to an activating group) is 2. The summed E-state index contributed by atoms with van der Waals surface area (Å²) < 4.78 is 14.3. The molecule has 2 aliphatic rings. The van der Waals surface area contributed by atoms with E-state index in [0.717, 1.165) is 63.2 Å². The van der Waals surface area contributed by atoms with Gasteiger partial charge in [-0.3, -0.25) is 19.6 Å². The van der Waals surface area contributed by atoms with Crippen molar-refractivity contribution >= 4 is 11.7 Å². The zero-order chi connectivity index (χ0) is 24.1. The van der Waals surface area contributed by atoms with Crippen LogP contribution in [-0.2, 0) is 4.79 Å². The third kappa shape index (κ3) is 5.91. The maximum atomic E-state index is 14.3. The summed E-state index contributed by atoms with van der Waals surface area (Å²) in [7, 11) is 1.99. The van der Waals surface area contributed by atoms with Crippen LogP contribution in [0.4, 0.5) is 10.2 Å². The van der Waals surface area contributed by atoms with Crippen LogP contribution < -0.4 is 4.90 Å². The van der Waals surface area contributed by atoms with Crippen molar-refractivity contribution in [3.63, 3.8) is 0 Å². The van der Waals surface area contributed by atoms with E-state index < -0.39 is 0 Å². The fourth-order valence-corrected chi connectivity index (χ4v) is 4.68. The van der Waals surface area contributed by atoms with Gasteiger partial charge < -0.3 is 9.80 Å². The summed E-state index contributed by atoms with van der Waals surface area (Å²) in [4.78, 5) is 30.5. The molecule has 0 bridgehead atoms. The predicted molar refractivity (Wildman–Crippen MR) is 133 cm³/mol. The molecular formula is C26H37FN6O. The molecule has 1 aromatic heterocycles. The lowest BCUT2D eigenvalue weighted by Crippen LogP contribution is -2.55. The van der Waals surface area contributed by atoms with Crippen molar-refractivity contribution in [1.82, 2.24) is 24.7 Å². The molecule has 0 radical (unpaired) electrons. The Hall–Kier alpha value is -2.58. The third-order valence-corrected chi connectivity index (χ3v) is 7.16. The molecule has 2 fully saturated rings. The normalized spacial score (nSPS) is 17.1. The quantitative estimate of drug-likeness (QED) is 0.564. The molecule has 0 atom stereocenters. The van der Waals surface area contributed by atoms with E-state index in [9.17, 15) is 9.18 Å². The van der Waals surface area contributed by atoms with Crippen LogP contribution in [0.1, 0.15) is 31.7 Å². The van der Waals surface area contributed by atoms with Crippen LogP contribution in [0.2, 0.25) is 0 Å². The molecule has 2 aromatic rings. The lowest BCUT2D eigenvalue weighted by Gasteiger charge is -2.43. The van der Waals surface area contributed by atoms with Crippen molar-refractivity contribution in [1.29, 1.82) is 0 Å². The molecule has 1 saturated heterocycles. The zero-order valence-corrected chi connectivity index (χ0v) is 20.7. The predicted octanol–water partition coefficient (Wildman–Crippen LogP) is 3.05. The van der Waals surface area contributed by atoms with Crippen molar-refractivity contribution in [2.45, 2.75) is 39.2 Å². The maximum absolute atomic E-state index is 14.3. The Morgan fingerprint density at radius 2 is 1.88 bits per heavy atom. The summed E-state index contributed by atoms with van der Waals surface area (Å²) in [5, 5.41) is 0. The van der Waals surface area contributed by atoms with E-state index in [4.69, 9.17) is 0 Å². The molecule has 2 heterocycles. The minimum absolute atomic E-state index is 0.211. The van der Waals surface area contributed by atoms with Gasteiger partial charge in [0.25, 0.3) is 0 Å². The number of anilines is 1. The second-order valence-electron chi connectivity index (χ2n) is 9.56. The first-order chi connectivity index (χ1) is 16.4. The van der Waals surface area contributed by atoms with Gasteiger partial charge in [-0.15, -0.1) is 0 Å². The molecule has 1 amide bonds. The standard InChI is InChI=1S/C26H37FN6O/c1-4-31(25-18-28-24(17-29-25)22-9-8-20(2)16-23(22)27)11-10-30(3)19-26(34)33-14-12-32(13-15-33)21-6-5-7-21/h8-9,16-18,21H,4-7,10-15,19H2,1-3H3. The van der Waals surface area contributed by atoms with Crippen molar-refractivity contribution in [2.75, 3.05) is 64.3 Å². The molecule has 4 rings (SSSR count). The zero-order valence-electron chi connectivity index (χ0n) is 20.7. The third-order valence-electron chi connectivity index (χ3n) is 7.16. The first-order valence-corrected chi connectivity index (χ1v) is 12.5. The summed E-state index contributed by atoms with van der Waals surface area (Å²) in [5.41, 5.74) is 1.86. The Kier molecular flexibility index (Phi) is 8.11. The average molecular weight is 469 g/mol. The SMILES string of the molecule is CCN(CCN(C)CC(=O)N1CCN(C2CCC2)CC1)c1cnc(-c2ccc(C)cc2F)cn1. The van der Waals surface area contributed by atoms with Crippen LogP contribution in [0.3, 0.4) is 0 Å². The van der Waals surface area contributed by atoms with Crippen LogP contribution in [0, 0.1) is 12.7 Å². The van der Waals surface area contributed by atoms with E-state index >= 15 is 0 Å². The monoisotopic (exact) mass is 468 g/mol. The molecule has 184 valence electrons. The number of amides is 1. The van der Waals surface area contributed by atoms with Gasteiger partial charge in [-0.2, -0.15) is 0 Å². The van der Waals surface area contributed by atoms with Gasteiger partial charge in [0.15, 0.2) is 0 Å². The van der Waals surface area contributed by atoms with Crippen LogP contribution in [0.5, 0.6) is 0 Å². The number of carbonyl (C=O) groups is 1. The summed E-state index contributed by atoms with van der Waals surface area (Å²) in [6.07, 6.45) is 7.32. The fraction of sp³-hybridized carbons (Fsp3) is 0.577. The van der Waals surface area contributed by atoms with Gasteiger partial charge in [-0.25, -0.2) is 9.37 Å². The Labute approximate surface area is 202 Å².